The van der Waals surface area contributed by atoms with Crippen molar-refractivity contribution in [2.24, 2.45) is 17.1 Å². The molecule has 0 saturated carbocycles. The van der Waals surface area contributed by atoms with Gasteiger partial charge in [-0.05, 0) is 30.6 Å². The Bertz CT molecular complexity index is 270. The molecule has 0 radical (unpaired) electrons. The SMILES string of the molecule is CCCC1CCCN(C(=O)[C@H](N)C(C)(C)C)CC1. The van der Waals surface area contributed by atoms with E-state index in [9.17, 15) is 4.79 Å². The maximum atomic E-state index is 12.4. The van der Waals surface area contributed by atoms with Crippen molar-refractivity contribution in [3.8, 4) is 0 Å². The van der Waals surface area contributed by atoms with Crippen LogP contribution in [-0.4, -0.2) is 29.9 Å². The Labute approximate surface area is 112 Å². The van der Waals surface area contributed by atoms with Crippen LogP contribution in [0.5, 0.6) is 0 Å². The van der Waals surface area contributed by atoms with Crippen LogP contribution in [0.15, 0.2) is 0 Å². The molecular formula is C15H30N2O. The molecule has 18 heavy (non-hydrogen) atoms. The summed E-state index contributed by atoms with van der Waals surface area (Å²) in [5, 5.41) is 0. The van der Waals surface area contributed by atoms with E-state index in [0.29, 0.717) is 0 Å². The third-order valence-corrected chi connectivity index (χ3v) is 4.06. The predicted octanol–water partition coefficient (Wildman–Crippen LogP) is 2.79. The molecule has 0 aliphatic carbocycles. The Morgan fingerprint density at radius 1 is 1.33 bits per heavy atom. The summed E-state index contributed by atoms with van der Waals surface area (Å²) in [6.45, 7) is 10.1. The molecule has 1 aliphatic heterocycles. The maximum absolute atomic E-state index is 12.4. The van der Waals surface area contributed by atoms with Gasteiger partial charge in [0.25, 0.3) is 0 Å². The van der Waals surface area contributed by atoms with Gasteiger partial charge in [0.1, 0.15) is 0 Å². The summed E-state index contributed by atoms with van der Waals surface area (Å²) in [5.41, 5.74) is 5.93. The largest absolute Gasteiger partial charge is 0.341 e. The van der Waals surface area contributed by atoms with Gasteiger partial charge in [-0.1, -0.05) is 40.5 Å². The second kappa shape index (κ2) is 6.55. The third-order valence-electron chi connectivity index (χ3n) is 4.06. The van der Waals surface area contributed by atoms with E-state index in [4.69, 9.17) is 5.73 Å². The summed E-state index contributed by atoms with van der Waals surface area (Å²) in [4.78, 5) is 14.4. The molecule has 2 N–H and O–H groups in total. The van der Waals surface area contributed by atoms with E-state index >= 15 is 0 Å². The monoisotopic (exact) mass is 254 g/mol. The Hall–Kier alpha value is -0.570. The lowest BCUT2D eigenvalue weighted by Crippen LogP contribution is -2.50. The van der Waals surface area contributed by atoms with Gasteiger partial charge in [-0.25, -0.2) is 0 Å². The number of carbonyl (C=O) groups is 1. The van der Waals surface area contributed by atoms with Gasteiger partial charge in [0.2, 0.25) is 5.91 Å². The number of nitrogens with two attached hydrogens (primary N) is 1. The summed E-state index contributed by atoms with van der Waals surface area (Å²) < 4.78 is 0. The van der Waals surface area contributed by atoms with Crippen LogP contribution >= 0.6 is 0 Å². The van der Waals surface area contributed by atoms with Gasteiger partial charge in [-0.2, -0.15) is 0 Å². The van der Waals surface area contributed by atoms with E-state index in [0.717, 1.165) is 31.8 Å². The van der Waals surface area contributed by atoms with Gasteiger partial charge in [-0.3, -0.25) is 4.79 Å². The zero-order chi connectivity index (χ0) is 13.8. The molecule has 1 amide bonds. The highest BCUT2D eigenvalue weighted by molar-refractivity contribution is 5.82. The molecule has 1 unspecified atom stereocenters. The summed E-state index contributed by atoms with van der Waals surface area (Å²) >= 11 is 0. The highest BCUT2D eigenvalue weighted by atomic mass is 16.2. The molecule has 1 heterocycles. The van der Waals surface area contributed by atoms with Crippen molar-refractivity contribution in [3.63, 3.8) is 0 Å². The zero-order valence-electron chi connectivity index (χ0n) is 12.5. The topological polar surface area (TPSA) is 46.3 Å². The van der Waals surface area contributed by atoms with Gasteiger partial charge in [-0.15, -0.1) is 0 Å². The maximum Gasteiger partial charge on any atom is 0.240 e. The van der Waals surface area contributed by atoms with Gasteiger partial charge in [0.15, 0.2) is 0 Å². The lowest BCUT2D eigenvalue weighted by Gasteiger charge is -2.31. The first-order chi connectivity index (χ1) is 8.36. The summed E-state index contributed by atoms with van der Waals surface area (Å²) in [6, 6.07) is -0.375. The molecule has 0 spiro atoms. The van der Waals surface area contributed by atoms with E-state index in [-0.39, 0.29) is 17.4 Å². The highest BCUT2D eigenvalue weighted by Crippen LogP contribution is 2.24. The first-order valence-electron chi connectivity index (χ1n) is 7.40. The number of hydrogen-bond donors (Lipinski definition) is 1. The van der Waals surface area contributed by atoms with Gasteiger partial charge in [0.05, 0.1) is 6.04 Å². The predicted molar refractivity (Wildman–Crippen MR) is 76.3 cm³/mol. The summed E-state index contributed by atoms with van der Waals surface area (Å²) in [5.74, 6) is 0.943. The highest BCUT2D eigenvalue weighted by Gasteiger charge is 2.31. The summed E-state index contributed by atoms with van der Waals surface area (Å²) in [7, 11) is 0. The molecule has 0 aromatic carbocycles. The first-order valence-corrected chi connectivity index (χ1v) is 7.40. The fourth-order valence-electron chi connectivity index (χ4n) is 2.65. The second-order valence-corrected chi connectivity index (χ2v) is 6.75. The zero-order valence-corrected chi connectivity index (χ0v) is 12.5. The van der Waals surface area contributed by atoms with E-state index in [1.807, 2.05) is 25.7 Å². The van der Waals surface area contributed by atoms with Crippen LogP contribution in [0.1, 0.15) is 59.8 Å². The molecular weight excluding hydrogens is 224 g/mol. The number of rotatable bonds is 3. The molecule has 3 nitrogen and oxygen atoms in total. The van der Waals surface area contributed by atoms with Crippen molar-refractivity contribution in [3.05, 3.63) is 0 Å². The van der Waals surface area contributed by atoms with Crippen molar-refractivity contribution in [1.29, 1.82) is 0 Å². The fraction of sp³-hybridized carbons (Fsp3) is 0.933. The van der Waals surface area contributed by atoms with Crippen molar-refractivity contribution in [2.75, 3.05) is 13.1 Å². The molecule has 2 atom stereocenters. The average molecular weight is 254 g/mol. The van der Waals surface area contributed by atoms with Crippen LogP contribution in [-0.2, 0) is 4.79 Å². The lowest BCUT2D eigenvalue weighted by atomic mass is 9.86. The van der Waals surface area contributed by atoms with E-state index in [1.165, 1.54) is 19.3 Å². The number of nitrogens with zero attached hydrogens (tertiary/aromatic N) is 1. The molecule has 0 bridgehead atoms. The van der Waals surface area contributed by atoms with Gasteiger partial charge >= 0.3 is 0 Å². The number of likely N-dealkylation sites (tertiary alicyclic amines) is 1. The van der Waals surface area contributed by atoms with Crippen LogP contribution in [0.2, 0.25) is 0 Å². The minimum absolute atomic E-state index is 0.139. The van der Waals surface area contributed by atoms with Crippen molar-refractivity contribution < 1.29 is 4.79 Å². The molecule has 3 heteroatoms. The van der Waals surface area contributed by atoms with E-state index < -0.39 is 0 Å². The molecule has 1 saturated heterocycles. The van der Waals surface area contributed by atoms with Crippen LogP contribution < -0.4 is 5.73 Å². The molecule has 0 aromatic heterocycles. The second-order valence-electron chi connectivity index (χ2n) is 6.75. The Balaban J connectivity index is 2.55. The van der Waals surface area contributed by atoms with Crippen LogP contribution in [0.4, 0.5) is 0 Å². The van der Waals surface area contributed by atoms with E-state index in [2.05, 4.69) is 6.92 Å². The Kier molecular flexibility index (Phi) is 5.64. The number of amides is 1. The van der Waals surface area contributed by atoms with Gasteiger partial charge in [0, 0.05) is 13.1 Å². The molecule has 1 rings (SSSR count). The molecule has 1 aliphatic rings. The number of hydrogen-bond acceptors (Lipinski definition) is 2. The Morgan fingerprint density at radius 3 is 2.56 bits per heavy atom. The van der Waals surface area contributed by atoms with Crippen LogP contribution in [0.25, 0.3) is 0 Å². The quantitative estimate of drug-likeness (QED) is 0.842. The standard InChI is InChI=1S/C15H30N2O/c1-5-7-12-8-6-10-17(11-9-12)14(18)13(16)15(2,3)4/h12-13H,5-11,16H2,1-4H3/t12?,13-/m0/s1. The van der Waals surface area contributed by atoms with Crippen molar-refractivity contribution >= 4 is 5.91 Å². The minimum atomic E-state index is -0.375. The molecule has 1 fully saturated rings. The third kappa shape index (κ3) is 4.27. The molecule has 106 valence electrons. The Morgan fingerprint density at radius 2 is 2.00 bits per heavy atom. The molecule has 0 aromatic rings. The van der Waals surface area contributed by atoms with Gasteiger partial charge < -0.3 is 10.6 Å². The normalized spacial score (nSPS) is 23.6. The summed E-state index contributed by atoms with van der Waals surface area (Å²) in [6.07, 6.45) is 6.10. The van der Waals surface area contributed by atoms with Crippen molar-refractivity contribution in [1.82, 2.24) is 4.90 Å². The smallest absolute Gasteiger partial charge is 0.240 e. The minimum Gasteiger partial charge on any atom is -0.341 e. The number of carbonyl (C=O) groups excluding carboxylic acids is 1. The first kappa shape index (κ1) is 15.5. The van der Waals surface area contributed by atoms with Crippen LogP contribution in [0, 0.1) is 11.3 Å². The lowest BCUT2D eigenvalue weighted by molar-refractivity contribution is -0.134. The van der Waals surface area contributed by atoms with E-state index in [1.54, 1.807) is 0 Å². The average Bonchev–Trinajstić information content (AvgIpc) is 2.52. The van der Waals surface area contributed by atoms with Crippen LogP contribution in [0.3, 0.4) is 0 Å². The van der Waals surface area contributed by atoms with Crippen molar-refractivity contribution in [2.45, 2.75) is 65.8 Å². The fourth-order valence-corrected chi connectivity index (χ4v) is 2.65.